The third kappa shape index (κ3) is 4.74. The molecule has 5 nitrogen and oxygen atoms in total. The molecule has 0 amide bonds. The van der Waals surface area contributed by atoms with Crippen LogP contribution in [-0.2, 0) is 12.8 Å². The van der Waals surface area contributed by atoms with E-state index in [1.807, 2.05) is 36.5 Å². The first-order chi connectivity index (χ1) is 17.8. The first-order valence-corrected chi connectivity index (χ1v) is 13.1. The average Bonchev–Trinajstić information content (AvgIpc) is 3.09. The van der Waals surface area contributed by atoms with Gasteiger partial charge in [0.05, 0.1) is 17.6 Å². The number of aromatic nitrogens is 1. The van der Waals surface area contributed by atoms with E-state index in [9.17, 15) is 0 Å². The molecule has 2 heterocycles. The van der Waals surface area contributed by atoms with Gasteiger partial charge in [-0.15, -0.1) is 0 Å². The molecule has 36 heavy (non-hydrogen) atoms. The number of nitrogens with two attached hydrogens (primary N) is 1. The number of nitrogens with zero attached hydrogens (tertiary/aromatic N) is 3. The number of ether oxygens (including phenoxy) is 1. The minimum Gasteiger partial charge on any atom is -0.491 e. The number of piperazine rings is 1. The van der Waals surface area contributed by atoms with E-state index < -0.39 is 0 Å². The lowest BCUT2D eigenvalue weighted by Gasteiger charge is -2.41. The van der Waals surface area contributed by atoms with Crippen molar-refractivity contribution in [1.29, 1.82) is 0 Å². The largest absolute Gasteiger partial charge is 0.491 e. The van der Waals surface area contributed by atoms with E-state index in [1.54, 1.807) is 0 Å². The SMILES string of the molecule is NC(COc1cccc2ncccc12)CN1CCN(C2c3ccccc3CCc3ccccc32)CC1. The number of pyridine rings is 1. The fourth-order valence-electron chi connectivity index (χ4n) is 5.87. The molecule has 4 aromatic rings. The maximum Gasteiger partial charge on any atom is 0.128 e. The van der Waals surface area contributed by atoms with Crippen LogP contribution in [-0.4, -0.2) is 60.2 Å². The Hall–Kier alpha value is -3.25. The Morgan fingerprint density at radius 1 is 0.806 bits per heavy atom. The van der Waals surface area contributed by atoms with Gasteiger partial charge in [-0.05, 0) is 59.4 Å². The number of hydrogen-bond donors (Lipinski definition) is 1. The van der Waals surface area contributed by atoms with Crippen molar-refractivity contribution in [3.8, 4) is 5.75 Å². The van der Waals surface area contributed by atoms with E-state index in [2.05, 4.69) is 63.3 Å². The summed E-state index contributed by atoms with van der Waals surface area (Å²) in [6, 6.07) is 28.3. The Morgan fingerprint density at radius 3 is 2.22 bits per heavy atom. The van der Waals surface area contributed by atoms with Gasteiger partial charge < -0.3 is 10.5 Å². The summed E-state index contributed by atoms with van der Waals surface area (Å²) in [5.41, 5.74) is 13.4. The topological polar surface area (TPSA) is 54.6 Å². The zero-order valence-corrected chi connectivity index (χ0v) is 20.7. The molecule has 2 aliphatic rings. The lowest BCUT2D eigenvalue weighted by molar-refractivity contribution is 0.0995. The quantitative estimate of drug-likeness (QED) is 0.444. The first kappa shape index (κ1) is 23.2. The van der Waals surface area contributed by atoms with Gasteiger partial charge in [-0.25, -0.2) is 0 Å². The summed E-state index contributed by atoms with van der Waals surface area (Å²) in [5, 5.41) is 1.03. The standard InChI is InChI=1S/C31H34N4O/c32-25(22-36-30-13-5-12-29-28(30)11-6-16-33-29)21-34-17-19-35(20-18-34)31-26-9-3-1-7-23(26)14-15-24-8-2-4-10-27(24)31/h1-13,16,25,31H,14-15,17-22,32H2. The van der Waals surface area contributed by atoms with Crippen molar-refractivity contribution in [1.82, 2.24) is 14.8 Å². The second kappa shape index (κ2) is 10.4. The summed E-state index contributed by atoms with van der Waals surface area (Å²) in [5.74, 6) is 0.853. The molecule has 1 aliphatic heterocycles. The molecule has 1 atom stereocenters. The highest BCUT2D eigenvalue weighted by atomic mass is 16.5. The van der Waals surface area contributed by atoms with Crippen LogP contribution in [0.15, 0.2) is 85.1 Å². The first-order valence-electron chi connectivity index (χ1n) is 13.1. The van der Waals surface area contributed by atoms with Crippen LogP contribution in [0.3, 0.4) is 0 Å². The minimum atomic E-state index is -0.0391. The van der Waals surface area contributed by atoms with Crippen LogP contribution in [0.2, 0.25) is 0 Å². The summed E-state index contributed by atoms with van der Waals surface area (Å²) in [6.45, 7) is 5.46. The van der Waals surface area contributed by atoms with Gasteiger partial charge in [0.15, 0.2) is 0 Å². The summed E-state index contributed by atoms with van der Waals surface area (Å²) in [4.78, 5) is 9.58. The van der Waals surface area contributed by atoms with Crippen molar-refractivity contribution in [2.75, 3.05) is 39.3 Å². The Morgan fingerprint density at radius 2 is 1.50 bits per heavy atom. The van der Waals surface area contributed by atoms with Crippen molar-refractivity contribution in [2.24, 2.45) is 5.73 Å². The van der Waals surface area contributed by atoms with Crippen LogP contribution in [0.5, 0.6) is 5.75 Å². The van der Waals surface area contributed by atoms with Crippen LogP contribution in [0.4, 0.5) is 0 Å². The molecular weight excluding hydrogens is 444 g/mol. The maximum absolute atomic E-state index is 6.53. The number of hydrogen-bond acceptors (Lipinski definition) is 5. The normalized spacial score (nSPS) is 17.8. The second-order valence-electron chi connectivity index (χ2n) is 10.0. The van der Waals surface area contributed by atoms with Gasteiger partial charge in [-0.2, -0.15) is 0 Å². The van der Waals surface area contributed by atoms with Gasteiger partial charge in [0, 0.05) is 44.3 Å². The molecule has 1 fully saturated rings. The Kier molecular flexibility index (Phi) is 6.69. The van der Waals surface area contributed by atoms with Gasteiger partial charge in [0.1, 0.15) is 12.4 Å². The number of benzene rings is 3. The zero-order valence-electron chi connectivity index (χ0n) is 20.7. The zero-order chi connectivity index (χ0) is 24.3. The van der Waals surface area contributed by atoms with Gasteiger partial charge in [-0.1, -0.05) is 54.6 Å². The molecule has 0 spiro atoms. The Labute approximate surface area is 213 Å². The second-order valence-corrected chi connectivity index (χ2v) is 10.0. The van der Waals surface area contributed by atoms with E-state index in [1.165, 1.54) is 22.3 Å². The van der Waals surface area contributed by atoms with Crippen molar-refractivity contribution >= 4 is 10.9 Å². The molecule has 5 heteroatoms. The molecule has 1 aliphatic carbocycles. The Bertz CT molecular complexity index is 1280. The van der Waals surface area contributed by atoms with Crippen LogP contribution in [0.25, 0.3) is 10.9 Å². The maximum atomic E-state index is 6.53. The molecule has 184 valence electrons. The third-order valence-corrected chi connectivity index (χ3v) is 7.69. The number of aryl methyl sites for hydroxylation is 2. The summed E-state index contributed by atoms with van der Waals surface area (Å²) >= 11 is 0. The predicted octanol–water partition coefficient (Wildman–Crippen LogP) is 4.45. The van der Waals surface area contributed by atoms with E-state index in [0.717, 1.165) is 62.2 Å². The van der Waals surface area contributed by atoms with Crippen LogP contribution >= 0.6 is 0 Å². The van der Waals surface area contributed by atoms with Gasteiger partial charge in [0.25, 0.3) is 0 Å². The minimum absolute atomic E-state index is 0.0391. The molecule has 6 rings (SSSR count). The van der Waals surface area contributed by atoms with Crippen molar-refractivity contribution in [2.45, 2.75) is 24.9 Å². The summed E-state index contributed by atoms with van der Waals surface area (Å²) < 4.78 is 6.13. The van der Waals surface area contributed by atoms with Crippen molar-refractivity contribution in [3.05, 3.63) is 107 Å². The van der Waals surface area contributed by atoms with Gasteiger partial charge >= 0.3 is 0 Å². The molecule has 0 saturated carbocycles. The predicted molar refractivity (Wildman–Crippen MR) is 145 cm³/mol. The van der Waals surface area contributed by atoms with Crippen LogP contribution in [0.1, 0.15) is 28.3 Å². The highest BCUT2D eigenvalue weighted by Crippen LogP contribution is 2.37. The highest BCUT2D eigenvalue weighted by Gasteiger charge is 2.31. The monoisotopic (exact) mass is 478 g/mol. The number of rotatable bonds is 6. The third-order valence-electron chi connectivity index (χ3n) is 7.69. The molecule has 2 N–H and O–H groups in total. The summed E-state index contributed by atoms with van der Waals surface area (Å²) in [7, 11) is 0. The average molecular weight is 479 g/mol. The highest BCUT2D eigenvalue weighted by molar-refractivity contribution is 5.84. The molecule has 1 unspecified atom stereocenters. The lowest BCUT2D eigenvalue weighted by Crippen LogP contribution is -2.51. The van der Waals surface area contributed by atoms with Crippen LogP contribution in [0, 0.1) is 0 Å². The fourth-order valence-corrected chi connectivity index (χ4v) is 5.87. The van der Waals surface area contributed by atoms with Gasteiger partial charge in [0.2, 0.25) is 0 Å². The molecule has 3 aromatic carbocycles. The molecule has 1 aromatic heterocycles. The smallest absolute Gasteiger partial charge is 0.128 e. The fraction of sp³-hybridized carbons (Fsp3) is 0.323. The summed E-state index contributed by atoms with van der Waals surface area (Å²) in [6.07, 6.45) is 4.04. The Balaban J connectivity index is 1.10. The van der Waals surface area contributed by atoms with E-state index in [4.69, 9.17) is 10.5 Å². The van der Waals surface area contributed by atoms with Crippen molar-refractivity contribution in [3.63, 3.8) is 0 Å². The van der Waals surface area contributed by atoms with E-state index in [-0.39, 0.29) is 6.04 Å². The van der Waals surface area contributed by atoms with Crippen LogP contribution < -0.4 is 10.5 Å². The molecule has 0 bridgehead atoms. The number of fused-ring (bicyclic) bond motifs is 3. The molecule has 0 radical (unpaired) electrons. The van der Waals surface area contributed by atoms with Gasteiger partial charge in [-0.3, -0.25) is 14.8 Å². The molecule has 1 saturated heterocycles. The molecular formula is C31H34N4O. The van der Waals surface area contributed by atoms with E-state index in [0.29, 0.717) is 12.6 Å². The van der Waals surface area contributed by atoms with E-state index >= 15 is 0 Å². The lowest BCUT2D eigenvalue weighted by atomic mass is 9.92. The van der Waals surface area contributed by atoms with Crippen molar-refractivity contribution < 1.29 is 4.74 Å².